The molecule has 0 bridgehead atoms. The van der Waals surface area contributed by atoms with Gasteiger partial charge < -0.3 is 9.64 Å². The molecule has 3 aliphatic heterocycles. The minimum atomic E-state index is -3.07. The molecule has 0 aromatic heterocycles. The second-order valence-corrected chi connectivity index (χ2v) is 10.5. The van der Waals surface area contributed by atoms with Crippen molar-refractivity contribution in [3.8, 4) is 0 Å². The molecule has 6 nitrogen and oxygen atoms in total. The van der Waals surface area contributed by atoms with Gasteiger partial charge in [0, 0.05) is 18.4 Å². The molecule has 3 saturated heterocycles. The van der Waals surface area contributed by atoms with E-state index < -0.39 is 15.9 Å². The van der Waals surface area contributed by atoms with Crippen molar-refractivity contribution in [2.45, 2.75) is 36.7 Å². The fourth-order valence-electron chi connectivity index (χ4n) is 3.74. The zero-order valence-electron chi connectivity index (χ0n) is 14.7. The van der Waals surface area contributed by atoms with E-state index in [-0.39, 0.29) is 34.5 Å². The van der Waals surface area contributed by atoms with E-state index in [2.05, 4.69) is 4.99 Å². The molecule has 0 aliphatic carbocycles. The predicted molar refractivity (Wildman–Crippen MR) is 102 cm³/mol. The van der Waals surface area contributed by atoms with Gasteiger partial charge in [0.05, 0.1) is 17.5 Å². The Balaban J connectivity index is 1.52. The Morgan fingerprint density at radius 2 is 2.07 bits per heavy atom. The molecule has 0 saturated carbocycles. The van der Waals surface area contributed by atoms with E-state index in [1.807, 2.05) is 4.90 Å². The van der Waals surface area contributed by atoms with E-state index in [1.165, 1.54) is 23.9 Å². The third-order valence-corrected chi connectivity index (χ3v) is 8.39. The highest BCUT2D eigenvalue weighted by Crippen LogP contribution is 2.38. The Morgan fingerprint density at radius 3 is 2.78 bits per heavy atom. The van der Waals surface area contributed by atoms with Gasteiger partial charge in [0.1, 0.15) is 11.9 Å². The number of carbonyl (C=O) groups is 1. The molecule has 3 heterocycles. The monoisotopic (exact) mass is 412 g/mol. The van der Waals surface area contributed by atoms with Gasteiger partial charge in [0.15, 0.2) is 15.0 Å². The fourth-order valence-corrected chi connectivity index (χ4v) is 7.72. The maximum absolute atomic E-state index is 13.1. The van der Waals surface area contributed by atoms with Gasteiger partial charge in [-0.1, -0.05) is 23.9 Å². The summed E-state index contributed by atoms with van der Waals surface area (Å²) in [7, 11) is -3.07. The zero-order chi connectivity index (χ0) is 19.0. The Labute approximate surface area is 162 Å². The van der Waals surface area contributed by atoms with Crippen LogP contribution >= 0.6 is 11.8 Å². The van der Waals surface area contributed by atoms with E-state index in [0.717, 1.165) is 12.0 Å². The highest BCUT2D eigenvalue weighted by molar-refractivity contribution is 8.15. The summed E-state index contributed by atoms with van der Waals surface area (Å²) in [5.41, 5.74) is 0.954. The SMILES string of the molecule is O=C(N=C1SC2CS(=O)(=O)CC2N1CCc1ccc(F)cc1)C1CCCO1. The van der Waals surface area contributed by atoms with Gasteiger partial charge in [-0.2, -0.15) is 4.99 Å². The Hall–Kier alpha value is -1.45. The Kier molecular flexibility index (Phi) is 5.26. The van der Waals surface area contributed by atoms with Crippen molar-refractivity contribution >= 4 is 32.7 Å². The maximum Gasteiger partial charge on any atom is 0.277 e. The summed E-state index contributed by atoms with van der Waals surface area (Å²) in [5.74, 6) is -0.379. The average Bonchev–Trinajstić information content (AvgIpc) is 3.30. The van der Waals surface area contributed by atoms with E-state index in [0.29, 0.717) is 31.2 Å². The second kappa shape index (κ2) is 7.52. The first-order valence-electron chi connectivity index (χ1n) is 9.03. The van der Waals surface area contributed by atoms with Gasteiger partial charge in [0.2, 0.25) is 0 Å². The van der Waals surface area contributed by atoms with Crippen molar-refractivity contribution in [1.29, 1.82) is 0 Å². The van der Waals surface area contributed by atoms with Crippen LogP contribution in [0.25, 0.3) is 0 Å². The summed E-state index contributed by atoms with van der Waals surface area (Å²) in [6.45, 7) is 1.11. The number of amides is 1. The van der Waals surface area contributed by atoms with Gasteiger partial charge in [0.25, 0.3) is 5.91 Å². The van der Waals surface area contributed by atoms with E-state index in [4.69, 9.17) is 4.74 Å². The van der Waals surface area contributed by atoms with Crippen LogP contribution in [-0.2, 0) is 25.8 Å². The summed E-state index contributed by atoms with van der Waals surface area (Å²) in [6.07, 6.45) is 1.67. The highest BCUT2D eigenvalue weighted by atomic mass is 32.2. The summed E-state index contributed by atoms with van der Waals surface area (Å²) < 4.78 is 42.6. The minimum Gasteiger partial charge on any atom is -0.368 e. The maximum atomic E-state index is 13.1. The van der Waals surface area contributed by atoms with Gasteiger partial charge >= 0.3 is 0 Å². The minimum absolute atomic E-state index is 0.0845. The standard InChI is InChI=1S/C18H21FN2O4S2/c19-13-5-3-12(4-6-13)7-8-21-14-10-27(23,24)11-16(14)26-18(21)20-17(22)15-2-1-9-25-15/h3-6,14-16H,1-2,7-11H2. The number of thioether (sulfide) groups is 1. The van der Waals surface area contributed by atoms with Crippen LogP contribution in [0.1, 0.15) is 18.4 Å². The van der Waals surface area contributed by atoms with Gasteiger partial charge in [-0.25, -0.2) is 12.8 Å². The Morgan fingerprint density at radius 1 is 1.30 bits per heavy atom. The number of fused-ring (bicyclic) bond motifs is 1. The van der Waals surface area contributed by atoms with Crippen molar-refractivity contribution in [2.75, 3.05) is 24.7 Å². The first-order valence-corrected chi connectivity index (χ1v) is 11.7. The van der Waals surface area contributed by atoms with Crippen molar-refractivity contribution in [2.24, 2.45) is 4.99 Å². The average molecular weight is 413 g/mol. The number of nitrogens with zero attached hydrogens (tertiary/aromatic N) is 2. The molecule has 1 aromatic rings. The van der Waals surface area contributed by atoms with Crippen molar-refractivity contribution in [1.82, 2.24) is 4.90 Å². The van der Waals surface area contributed by atoms with Crippen LogP contribution in [0, 0.1) is 5.82 Å². The van der Waals surface area contributed by atoms with Gasteiger partial charge in [-0.3, -0.25) is 4.79 Å². The molecule has 0 radical (unpaired) electrons. The van der Waals surface area contributed by atoms with Gasteiger partial charge in [-0.15, -0.1) is 0 Å². The number of hydrogen-bond acceptors (Lipinski definition) is 5. The lowest BCUT2D eigenvalue weighted by Crippen LogP contribution is -2.39. The van der Waals surface area contributed by atoms with Crippen LogP contribution in [0.5, 0.6) is 0 Å². The van der Waals surface area contributed by atoms with Crippen LogP contribution in [0.4, 0.5) is 4.39 Å². The molecule has 0 spiro atoms. The van der Waals surface area contributed by atoms with E-state index in [9.17, 15) is 17.6 Å². The van der Waals surface area contributed by atoms with Crippen LogP contribution in [0.3, 0.4) is 0 Å². The molecule has 1 amide bonds. The first-order chi connectivity index (χ1) is 12.9. The number of halogens is 1. The Bertz CT molecular complexity index is 851. The molecule has 4 rings (SSSR count). The smallest absolute Gasteiger partial charge is 0.277 e. The third-order valence-electron chi connectivity index (χ3n) is 5.14. The molecule has 9 heteroatoms. The lowest BCUT2D eigenvalue weighted by atomic mass is 10.1. The number of amidine groups is 1. The van der Waals surface area contributed by atoms with Crippen molar-refractivity contribution in [3.63, 3.8) is 0 Å². The lowest BCUT2D eigenvalue weighted by molar-refractivity contribution is -0.126. The number of ether oxygens (including phenoxy) is 1. The van der Waals surface area contributed by atoms with E-state index >= 15 is 0 Å². The zero-order valence-corrected chi connectivity index (χ0v) is 16.3. The molecule has 146 valence electrons. The number of benzene rings is 1. The summed E-state index contributed by atoms with van der Waals surface area (Å²) in [6, 6.07) is 6.09. The summed E-state index contributed by atoms with van der Waals surface area (Å²) >= 11 is 1.38. The molecule has 1 aromatic carbocycles. The molecular weight excluding hydrogens is 391 g/mol. The third kappa shape index (κ3) is 4.20. The molecule has 0 N–H and O–H groups in total. The van der Waals surface area contributed by atoms with Crippen molar-refractivity contribution in [3.05, 3.63) is 35.6 Å². The topological polar surface area (TPSA) is 76.0 Å². The van der Waals surface area contributed by atoms with Crippen LogP contribution in [0.2, 0.25) is 0 Å². The van der Waals surface area contributed by atoms with Crippen molar-refractivity contribution < 1.29 is 22.3 Å². The first kappa shape index (κ1) is 18.9. The lowest BCUT2D eigenvalue weighted by Gasteiger charge is -2.24. The quantitative estimate of drug-likeness (QED) is 0.749. The number of aliphatic imine (C=N–C) groups is 1. The predicted octanol–water partition coefficient (Wildman–Crippen LogP) is 1.64. The second-order valence-electron chi connectivity index (χ2n) is 7.10. The summed E-state index contributed by atoms with van der Waals surface area (Å²) in [4.78, 5) is 18.6. The molecule has 3 fully saturated rings. The highest BCUT2D eigenvalue weighted by Gasteiger charge is 2.48. The number of hydrogen-bond donors (Lipinski definition) is 0. The summed E-state index contributed by atoms with van der Waals surface area (Å²) in [5, 5.41) is 0.488. The van der Waals surface area contributed by atoms with Crippen LogP contribution in [-0.4, -0.2) is 66.4 Å². The molecule has 27 heavy (non-hydrogen) atoms. The normalized spacial score (nSPS) is 30.8. The molecule has 3 aliphatic rings. The molecular formula is C18H21FN2O4S2. The molecule has 3 atom stereocenters. The van der Waals surface area contributed by atoms with Crippen LogP contribution < -0.4 is 0 Å². The number of sulfone groups is 1. The largest absolute Gasteiger partial charge is 0.368 e. The number of rotatable bonds is 4. The molecule has 3 unspecified atom stereocenters. The number of carbonyl (C=O) groups excluding carboxylic acids is 1. The van der Waals surface area contributed by atoms with Gasteiger partial charge in [-0.05, 0) is 37.0 Å². The van der Waals surface area contributed by atoms with Crippen LogP contribution in [0.15, 0.2) is 29.3 Å². The fraction of sp³-hybridized carbons (Fsp3) is 0.556. The van der Waals surface area contributed by atoms with E-state index in [1.54, 1.807) is 12.1 Å².